The molecule has 0 amide bonds. The van der Waals surface area contributed by atoms with E-state index in [-0.39, 0.29) is 5.75 Å². The van der Waals surface area contributed by atoms with E-state index in [4.69, 9.17) is 0 Å². The van der Waals surface area contributed by atoms with Crippen molar-refractivity contribution in [2.75, 3.05) is 0 Å². The normalized spacial score (nSPS) is 10.6. The Hall–Kier alpha value is -0.840. The van der Waals surface area contributed by atoms with Crippen molar-refractivity contribution in [2.24, 2.45) is 0 Å². The number of halogens is 1. The summed E-state index contributed by atoms with van der Waals surface area (Å²) in [5.41, 5.74) is 1.76. The number of fused-ring (bicyclic) bond motifs is 1. The van der Waals surface area contributed by atoms with Crippen LogP contribution in [0.3, 0.4) is 0 Å². The minimum Gasteiger partial charge on any atom is -0.506 e. The Bertz CT molecular complexity index is 468. The molecule has 0 fully saturated rings. The molecule has 2 aromatic rings. The van der Waals surface area contributed by atoms with Crippen molar-refractivity contribution in [1.82, 2.24) is 4.98 Å². The van der Waals surface area contributed by atoms with Gasteiger partial charge in [0.2, 0.25) is 0 Å². The van der Waals surface area contributed by atoms with Gasteiger partial charge in [-0.3, -0.25) is 4.98 Å². The Balaban J connectivity index is 2.97. The molecule has 0 saturated carbocycles. The van der Waals surface area contributed by atoms with E-state index in [0.29, 0.717) is 5.52 Å². The van der Waals surface area contributed by atoms with E-state index < -0.39 is 0 Å². The molecule has 0 spiro atoms. The molecule has 1 heterocycles. The monoisotopic (exact) mass is 285 g/mol. The third-order valence-corrected chi connectivity index (χ3v) is 3.42. The van der Waals surface area contributed by atoms with Gasteiger partial charge in [-0.05, 0) is 47.2 Å². The lowest BCUT2D eigenvalue weighted by Gasteiger charge is -2.04. The lowest BCUT2D eigenvalue weighted by molar-refractivity contribution is 0.480. The molecule has 0 aliphatic rings. The number of phenolic OH excluding ortho intramolecular Hbond substituents is 1. The van der Waals surface area contributed by atoms with Crippen molar-refractivity contribution < 1.29 is 5.11 Å². The van der Waals surface area contributed by atoms with Crippen LogP contribution in [0.25, 0.3) is 10.9 Å². The first-order valence-electron chi connectivity index (χ1n) is 3.93. The molecule has 2 rings (SSSR count). The van der Waals surface area contributed by atoms with E-state index in [0.717, 1.165) is 14.5 Å². The maximum atomic E-state index is 9.61. The number of aromatic nitrogens is 1. The number of phenols is 1. The van der Waals surface area contributed by atoms with Crippen molar-refractivity contribution >= 4 is 33.5 Å². The van der Waals surface area contributed by atoms with Crippen LogP contribution in [0.2, 0.25) is 0 Å². The second-order valence-electron chi connectivity index (χ2n) is 2.93. The largest absolute Gasteiger partial charge is 0.506 e. The van der Waals surface area contributed by atoms with Crippen molar-refractivity contribution in [3.63, 3.8) is 0 Å². The minimum absolute atomic E-state index is 0.258. The third-order valence-electron chi connectivity index (χ3n) is 1.99. The topological polar surface area (TPSA) is 33.1 Å². The second kappa shape index (κ2) is 3.14. The van der Waals surface area contributed by atoms with Crippen LogP contribution in [0.4, 0.5) is 0 Å². The van der Waals surface area contributed by atoms with Gasteiger partial charge in [0.25, 0.3) is 0 Å². The molecule has 0 aliphatic heterocycles. The molecule has 3 heteroatoms. The van der Waals surface area contributed by atoms with Gasteiger partial charge >= 0.3 is 0 Å². The number of benzene rings is 1. The Labute approximate surface area is 89.8 Å². The third kappa shape index (κ3) is 1.37. The summed E-state index contributed by atoms with van der Waals surface area (Å²) in [6.45, 7) is 1.98. The Morgan fingerprint density at radius 3 is 3.00 bits per heavy atom. The lowest BCUT2D eigenvalue weighted by atomic mass is 10.1. The van der Waals surface area contributed by atoms with Crippen LogP contribution in [0.15, 0.2) is 24.4 Å². The van der Waals surface area contributed by atoms with Gasteiger partial charge in [0.05, 0.1) is 0 Å². The van der Waals surface area contributed by atoms with Crippen LogP contribution in [0.1, 0.15) is 5.56 Å². The first kappa shape index (κ1) is 8.74. The highest BCUT2D eigenvalue weighted by Gasteiger charge is 2.06. The molecule has 0 bridgehead atoms. The number of hydrogen-bond acceptors (Lipinski definition) is 2. The highest BCUT2D eigenvalue weighted by Crippen LogP contribution is 2.29. The van der Waals surface area contributed by atoms with Gasteiger partial charge in [-0.15, -0.1) is 0 Å². The summed E-state index contributed by atoms with van der Waals surface area (Å²) in [4.78, 5) is 4.13. The Morgan fingerprint density at radius 2 is 2.23 bits per heavy atom. The quantitative estimate of drug-likeness (QED) is 0.755. The molecule has 0 unspecified atom stereocenters. The average molecular weight is 285 g/mol. The van der Waals surface area contributed by atoms with Crippen LogP contribution < -0.4 is 0 Å². The van der Waals surface area contributed by atoms with Crippen molar-refractivity contribution in [3.8, 4) is 5.75 Å². The molecule has 66 valence electrons. The van der Waals surface area contributed by atoms with Crippen molar-refractivity contribution in [3.05, 3.63) is 33.5 Å². The average Bonchev–Trinajstić information content (AvgIpc) is 2.15. The molecule has 13 heavy (non-hydrogen) atoms. The van der Waals surface area contributed by atoms with Crippen LogP contribution in [-0.4, -0.2) is 10.1 Å². The fourth-order valence-corrected chi connectivity index (χ4v) is 1.93. The van der Waals surface area contributed by atoms with Gasteiger partial charge in [0.1, 0.15) is 11.3 Å². The van der Waals surface area contributed by atoms with E-state index in [1.165, 1.54) is 0 Å². The Morgan fingerprint density at radius 1 is 1.46 bits per heavy atom. The van der Waals surface area contributed by atoms with Gasteiger partial charge in [-0.1, -0.05) is 6.07 Å². The van der Waals surface area contributed by atoms with E-state index in [2.05, 4.69) is 27.6 Å². The second-order valence-corrected chi connectivity index (χ2v) is 4.00. The Kier molecular flexibility index (Phi) is 2.11. The van der Waals surface area contributed by atoms with Gasteiger partial charge in [0.15, 0.2) is 0 Å². The highest BCUT2D eigenvalue weighted by molar-refractivity contribution is 14.1. The fraction of sp³-hybridized carbons (Fsp3) is 0.100. The number of pyridine rings is 1. The van der Waals surface area contributed by atoms with Gasteiger partial charge in [-0.2, -0.15) is 0 Å². The van der Waals surface area contributed by atoms with E-state index in [1.54, 1.807) is 12.3 Å². The van der Waals surface area contributed by atoms with Crippen LogP contribution in [0, 0.1) is 10.5 Å². The molecule has 2 nitrogen and oxygen atoms in total. The van der Waals surface area contributed by atoms with Crippen molar-refractivity contribution in [1.29, 1.82) is 0 Å². The number of rotatable bonds is 0. The summed E-state index contributed by atoms with van der Waals surface area (Å²) >= 11 is 2.27. The number of aromatic hydroxyl groups is 1. The van der Waals surface area contributed by atoms with E-state index in [9.17, 15) is 5.11 Å². The standard InChI is InChI=1S/C10H8INO/c1-6-5-8(13)10-7(9(6)11)3-2-4-12-10/h2-5,13H,1H3. The lowest BCUT2D eigenvalue weighted by Crippen LogP contribution is -1.86. The van der Waals surface area contributed by atoms with Gasteiger partial charge in [-0.25, -0.2) is 0 Å². The summed E-state index contributed by atoms with van der Waals surface area (Å²) in [6.07, 6.45) is 1.69. The molecule has 1 aromatic carbocycles. The van der Waals surface area contributed by atoms with Crippen LogP contribution in [-0.2, 0) is 0 Å². The van der Waals surface area contributed by atoms with Crippen LogP contribution in [0.5, 0.6) is 5.75 Å². The van der Waals surface area contributed by atoms with E-state index in [1.807, 2.05) is 19.1 Å². The minimum atomic E-state index is 0.258. The summed E-state index contributed by atoms with van der Waals surface area (Å²) in [5.74, 6) is 0.258. The molecule has 1 aromatic heterocycles. The molecule has 0 aliphatic carbocycles. The molecule has 0 radical (unpaired) electrons. The van der Waals surface area contributed by atoms with E-state index >= 15 is 0 Å². The zero-order valence-electron chi connectivity index (χ0n) is 7.08. The predicted molar refractivity (Wildman–Crippen MR) is 60.9 cm³/mol. The fourth-order valence-electron chi connectivity index (χ4n) is 1.34. The first-order valence-corrected chi connectivity index (χ1v) is 5.01. The summed E-state index contributed by atoms with van der Waals surface area (Å²) in [6, 6.07) is 5.59. The zero-order chi connectivity index (χ0) is 9.42. The SMILES string of the molecule is Cc1cc(O)c2ncccc2c1I. The number of aryl methyl sites for hydroxylation is 1. The summed E-state index contributed by atoms with van der Waals surface area (Å²) in [7, 11) is 0. The van der Waals surface area contributed by atoms with Gasteiger partial charge in [0, 0.05) is 15.2 Å². The first-order chi connectivity index (χ1) is 6.20. The molecule has 0 atom stereocenters. The molecular weight excluding hydrogens is 277 g/mol. The maximum Gasteiger partial charge on any atom is 0.142 e. The smallest absolute Gasteiger partial charge is 0.142 e. The molecule has 1 N–H and O–H groups in total. The zero-order valence-corrected chi connectivity index (χ0v) is 9.24. The number of nitrogens with zero attached hydrogens (tertiary/aromatic N) is 1. The maximum absolute atomic E-state index is 9.61. The predicted octanol–water partition coefficient (Wildman–Crippen LogP) is 2.85. The van der Waals surface area contributed by atoms with Crippen LogP contribution >= 0.6 is 22.6 Å². The number of hydrogen-bond donors (Lipinski definition) is 1. The summed E-state index contributed by atoms with van der Waals surface area (Å²) < 4.78 is 1.15. The molecule has 0 saturated heterocycles. The van der Waals surface area contributed by atoms with Gasteiger partial charge < -0.3 is 5.11 Å². The van der Waals surface area contributed by atoms with Crippen molar-refractivity contribution in [2.45, 2.75) is 6.92 Å². The highest BCUT2D eigenvalue weighted by atomic mass is 127. The molecular formula is C10H8INO. The summed E-state index contributed by atoms with van der Waals surface area (Å²) in [5, 5.41) is 10.6.